The Morgan fingerprint density at radius 3 is 2.72 bits per heavy atom. The maximum absolute atomic E-state index is 5.45. The molecule has 2 fully saturated rings. The Balaban J connectivity index is 1.85. The molecule has 0 aliphatic carbocycles. The maximum atomic E-state index is 5.45. The van der Waals surface area contributed by atoms with Crippen molar-refractivity contribution in [3.05, 3.63) is 11.6 Å². The first-order chi connectivity index (χ1) is 8.86. The lowest BCUT2D eigenvalue weighted by Crippen LogP contribution is -2.31. The van der Waals surface area contributed by atoms with E-state index in [0.717, 1.165) is 44.2 Å². The monoisotopic (exact) mass is 250 g/mol. The molecule has 0 amide bonds. The molecular weight excluding hydrogens is 228 g/mol. The number of nitrogens with one attached hydrogen (secondary N) is 1. The Morgan fingerprint density at radius 2 is 2.00 bits per heavy atom. The molecule has 1 N–H and O–H groups in total. The lowest BCUT2D eigenvalue weighted by Gasteiger charge is -2.29. The van der Waals surface area contributed by atoms with Crippen LogP contribution >= 0.6 is 0 Å². The molecule has 100 valence electrons. The number of aromatic nitrogens is 3. The summed E-state index contributed by atoms with van der Waals surface area (Å²) in [4.78, 5) is 0. The Morgan fingerprint density at radius 1 is 1.17 bits per heavy atom. The average Bonchev–Trinajstić information content (AvgIpc) is 2.83. The molecule has 2 aliphatic heterocycles. The highest BCUT2D eigenvalue weighted by Gasteiger charge is 2.26. The van der Waals surface area contributed by atoms with E-state index in [0.29, 0.717) is 12.1 Å². The summed E-state index contributed by atoms with van der Waals surface area (Å²) in [5.41, 5.74) is 0. The van der Waals surface area contributed by atoms with Crippen molar-refractivity contribution in [3.8, 4) is 0 Å². The number of ether oxygens (including phenoxy) is 1. The van der Waals surface area contributed by atoms with Gasteiger partial charge >= 0.3 is 0 Å². The second-order valence-electron chi connectivity index (χ2n) is 5.32. The Hall–Kier alpha value is -0.940. The first-order valence-corrected chi connectivity index (χ1v) is 7.09. The van der Waals surface area contributed by atoms with E-state index >= 15 is 0 Å². The van der Waals surface area contributed by atoms with Crippen LogP contribution in [0.3, 0.4) is 0 Å². The number of hydrogen-bond donors (Lipinski definition) is 1. The first kappa shape index (κ1) is 12.1. The lowest BCUT2D eigenvalue weighted by molar-refractivity contribution is 0.0675. The molecule has 1 aromatic rings. The van der Waals surface area contributed by atoms with Crippen molar-refractivity contribution in [1.82, 2.24) is 20.1 Å². The van der Waals surface area contributed by atoms with E-state index in [-0.39, 0.29) is 0 Å². The van der Waals surface area contributed by atoms with Gasteiger partial charge in [-0.05, 0) is 39.2 Å². The zero-order valence-electron chi connectivity index (χ0n) is 11.1. The average molecular weight is 250 g/mol. The molecule has 0 radical (unpaired) electrons. The van der Waals surface area contributed by atoms with E-state index in [2.05, 4.69) is 27.0 Å². The fourth-order valence-electron chi connectivity index (χ4n) is 3.09. The highest BCUT2D eigenvalue weighted by Crippen LogP contribution is 2.28. The molecule has 0 saturated carbocycles. The van der Waals surface area contributed by atoms with Crippen molar-refractivity contribution in [1.29, 1.82) is 0 Å². The van der Waals surface area contributed by atoms with Crippen molar-refractivity contribution in [2.24, 2.45) is 0 Å². The Kier molecular flexibility index (Phi) is 3.61. The molecule has 1 aromatic heterocycles. The van der Waals surface area contributed by atoms with Gasteiger partial charge in [-0.15, -0.1) is 10.2 Å². The smallest absolute Gasteiger partial charge is 0.150 e. The number of nitrogens with zero attached hydrogens (tertiary/aromatic N) is 3. The molecule has 2 aliphatic rings. The van der Waals surface area contributed by atoms with Crippen molar-refractivity contribution >= 4 is 0 Å². The van der Waals surface area contributed by atoms with Crippen molar-refractivity contribution in [3.63, 3.8) is 0 Å². The summed E-state index contributed by atoms with van der Waals surface area (Å²) in [7, 11) is 0. The van der Waals surface area contributed by atoms with Crippen LogP contribution < -0.4 is 5.32 Å². The van der Waals surface area contributed by atoms with Crippen molar-refractivity contribution in [2.45, 2.75) is 51.1 Å². The fraction of sp³-hybridized carbons (Fsp3) is 0.846. The molecule has 1 atom stereocenters. The molecule has 3 heterocycles. The summed E-state index contributed by atoms with van der Waals surface area (Å²) in [6, 6.07) is 0.912. The third-order valence-corrected chi connectivity index (χ3v) is 4.07. The normalized spacial score (nSPS) is 26.4. The van der Waals surface area contributed by atoms with Crippen molar-refractivity contribution in [2.75, 3.05) is 19.8 Å². The highest BCUT2D eigenvalue weighted by atomic mass is 16.5. The molecule has 5 heteroatoms. The number of rotatable bonds is 2. The SMILES string of the molecule is Cc1nnc(C2CCCCN2)n1C1CCOCC1. The predicted molar refractivity (Wildman–Crippen MR) is 68.4 cm³/mol. The molecule has 3 rings (SSSR count). The largest absolute Gasteiger partial charge is 0.381 e. The minimum Gasteiger partial charge on any atom is -0.381 e. The molecule has 0 spiro atoms. The van der Waals surface area contributed by atoms with Gasteiger partial charge in [0.2, 0.25) is 0 Å². The maximum Gasteiger partial charge on any atom is 0.150 e. The van der Waals surface area contributed by atoms with E-state index in [1.807, 2.05) is 0 Å². The summed E-state index contributed by atoms with van der Waals surface area (Å²) in [5, 5.41) is 12.3. The van der Waals surface area contributed by atoms with Crippen LogP contribution in [0.4, 0.5) is 0 Å². The Bertz CT molecular complexity index is 392. The zero-order valence-corrected chi connectivity index (χ0v) is 11.1. The summed E-state index contributed by atoms with van der Waals surface area (Å²) in [6.07, 6.45) is 5.91. The second-order valence-corrected chi connectivity index (χ2v) is 5.32. The van der Waals surface area contributed by atoms with Gasteiger partial charge in [0.1, 0.15) is 11.6 Å². The van der Waals surface area contributed by atoms with Gasteiger partial charge in [0, 0.05) is 19.3 Å². The molecule has 5 nitrogen and oxygen atoms in total. The summed E-state index contributed by atoms with van der Waals surface area (Å²) < 4.78 is 7.81. The van der Waals surface area contributed by atoms with Crippen LogP contribution in [0.1, 0.15) is 55.8 Å². The second kappa shape index (κ2) is 5.36. The summed E-state index contributed by atoms with van der Waals surface area (Å²) in [5.74, 6) is 2.18. The quantitative estimate of drug-likeness (QED) is 0.869. The molecule has 0 aromatic carbocycles. The Labute approximate surface area is 108 Å². The van der Waals surface area contributed by atoms with Gasteiger partial charge in [-0.2, -0.15) is 0 Å². The number of aryl methyl sites for hydroxylation is 1. The number of hydrogen-bond acceptors (Lipinski definition) is 4. The van der Waals surface area contributed by atoms with E-state index in [1.165, 1.54) is 19.3 Å². The topological polar surface area (TPSA) is 52.0 Å². The first-order valence-electron chi connectivity index (χ1n) is 7.09. The molecule has 18 heavy (non-hydrogen) atoms. The fourth-order valence-corrected chi connectivity index (χ4v) is 3.09. The van der Waals surface area contributed by atoms with Crippen molar-refractivity contribution < 1.29 is 4.74 Å². The van der Waals surface area contributed by atoms with Crippen LogP contribution in [0.5, 0.6) is 0 Å². The van der Waals surface area contributed by atoms with Crippen LogP contribution in [-0.4, -0.2) is 34.5 Å². The molecule has 2 saturated heterocycles. The predicted octanol–water partition coefficient (Wildman–Crippen LogP) is 1.75. The summed E-state index contributed by atoms with van der Waals surface area (Å²) in [6.45, 7) is 4.89. The molecule has 0 bridgehead atoms. The molecular formula is C13H22N4O. The van der Waals surface area contributed by atoms with E-state index in [4.69, 9.17) is 4.74 Å². The third-order valence-electron chi connectivity index (χ3n) is 4.07. The third kappa shape index (κ3) is 2.29. The number of piperidine rings is 1. The van der Waals surface area contributed by atoms with E-state index in [9.17, 15) is 0 Å². The standard InChI is InChI=1S/C13H22N4O/c1-10-15-16-13(12-4-2-3-7-14-12)17(10)11-5-8-18-9-6-11/h11-12,14H,2-9H2,1H3. The van der Waals surface area contributed by atoms with Crippen LogP contribution in [0.2, 0.25) is 0 Å². The van der Waals surface area contributed by atoms with E-state index in [1.54, 1.807) is 0 Å². The van der Waals surface area contributed by atoms with Gasteiger partial charge in [0.05, 0.1) is 6.04 Å². The minimum atomic E-state index is 0.391. The van der Waals surface area contributed by atoms with Crippen LogP contribution in [-0.2, 0) is 4.74 Å². The van der Waals surface area contributed by atoms with Gasteiger partial charge < -0.3 is 14.6 Å². The molecule has 1 unspecified atom stereocenters. The summed E-state index contributed by atoms with van der Waals surface area (Å²) >= 11 is 0. The van der Waals surface area contributed by atoms with Crippen LogP contribution in [0, 0.1) is 6.92 Å². The zero-order chi connectivity index (χ0) is 12.4. The van der Waals surface area contributed by atoms with E-state index < -0.39 is 0 Å². The lowest BCUT2D eigenvalue weighted by atomic mass is 10.0. The van der Waals surface area contributed by atoms with Gasteiger partial charge in [-0.3, -0.25) is 0 Å². The van der Waals surface area contributed by atoms with Crippen LogP contribution in [0.25, 0.3) is 0 Å². The highest BCUT2D eigenvalue weighted by molar-refractivity contribution is 5.04. The van der Waals surface area contributed by atoms with Gasteiger partial charge in [0.25, 0.3) is 0 Å². The van der Waals surface area contributed by atoms with Gasteiger partial charge in [-0.25, -0.2) is 0 Å². The van der Waals surface area contributed by atoms with Gasteiger partial charge in [0.15, 0.2) is 0 Å². The minimum absolute atomic E-state index is 0.391. The van der Waals surface area contributed by atoms with Gasteiger partial charge in [-0.1, -0.05) is 6.42 Å². The van der Waals surface area contributed by atoms with Crippen LogP contribution in [0.15, 0.2) is 0 Å².